The Balaban J connectivity index is 1.83. The zero-order chi connectivity index (χ0) is 16.1. The summed E-state index contributed by atoms with van der Waals surface area (Å²) in [6.07, 6.45) is 8.38. The molecule has 0 N–H and O–H groups in total. The lowest BCUT2D eigenvalue weighted by atomic mass is 9.98. The summed E-state index contributed by atoms with van der Waals surface area (Å²) in [5.41, 5.74) is 2.41. The van der Waals surface area contributed by atoms with E-state index >= 15 is 0 Å². The van der Waals surface area contributed by atoms with Gasteiger partial charge in [0.25, 0.3) is 0 Å². The summed E-state index contributed by atoms with van der Waals surface area (Å²) < 4.78 is 0. The van der Waals surface area contributed by atoms with Gasteiger partial charge in [0.15, 0.2) is 5.78 Å². The van der Waals surface area contributed by atoms with Gasteiger partial charge < -0.3 is 4.90 Å². The van der Waals surface area contributed by atoms with Gasteiger partial charge in [0, 0.05) is 12.6 Å². The summed E-state index contributed by atoms with van der Waals surface area (Å²) >= 11 is 0. The van der Waals surface area contributed by atoms with Crippen LogP contribution < -0.4 is 0 Å². The molecule has 0 aromatic heterocycles. The summed E-state index contributed by atoms with van der Waals surface area (Å²) in [7, 11) is 0. The van der Waals surface area contributed by atoms with Gasteiger partial charge in [-0.15, -0.1) is 0 Å². The summed E-state index contributed by atoms with van der Waals surface area (Å²) in [5.74, 6) is 0.184. The molecule has 2 heteroatoms. The molecule has 0 saturated heterocycles. The number of hydrogen-bond acceptors (Lipinski definition) is 2. The Kier molecular flexibility index (Phi) is 4.72. The van der Waals surface area contributed by atoms with Crippen molar-refractivity contribution in [3.63, 3.8) is 0 Å². The molecule has 116 valence electrons. The Hall–Kier alpha value is -2.61. The number of carbonyl (C=O) groups excluding carboxylic acids is 1. The molecule has 1 heterocycles. The van der Waals surface area contributed by atoms with Gasteiger partial charge in [-0.2, -0.15) is 0 Å². The van der Waals surface area contributed by atoms with Gasteiger partial charge in [-0.1, -0.05) is 72.8 Å². The van der Waals surface area contributed by atoms with E-state index in [9.17, 15) is 4.79 Å². The fraction of sp³-hybridized carbons (Fsp3) is 0.190. The number of benzene rings is 2. The van der Waals surface area contributed by atoms with Crippen LogP contribution in [-0.4, -0.2) is 16.7 Å². The minimum absolute atomic E-state index is 0.0860. The molecule has 0 unspecified atom stereocenters. The van der Waals surface area contributed by atoms with Crippen LogP contribution in [0.2, 0.25) is 0 Å². The maximum absolute atomic E-state index is 11.8. The summed E-state index contributed by atoms with van der Waals surface area (Å²) in [6, 6.07) is 20.9. The topological polar surface area (TPSA) is 20.3 Å². The van der Waals surface area contributed by atoms with Crippen LogP contribution in [-0.2, 0) is 4.79 Å². The first-order chi connectivity index (χ1) is 11.2. The van der Waals surface area contributed by atoms with Crippen LogP contribution in [0.4, 0.5) is 0 Å². The van der Waals surface area contributed by atoms with E-state index in [0.29, 0.717) is 6.42 Å². The largest absolute Gasteiger partial charge is 0.364 e. The molecule has 0 spiro atoms. The highest BCUT2D eigenvalue weighted by atomic mass is 16.1. The second-order valence-electron chi connectivity index (χ2n) is 5.86. The fourth-order valence-corrected chi connectivity index (χ4v) is 2.93. The molecule has 2 aromatic carbocycles. The van der Waals surface area contributed by atoms with Crippen molar-refractivity contribution in [1.29, 1.82) is 0 Å². The number of ketones is 1. The number of nitrogens with zero attached hydrogens (tertiary/aromatic N) is 1. The first kappa shape index (κ1) is 15.3. The lowest BCUT2D eigenvalue weighted by Crippen LogP contribution is -2.36. The minimum atomic E-state index is 0.0860. The molecule has 1 aliphatic rings. The highest BCUT2D eigenvalue weighted by Crippen LogP contribution is 2.27. The van der Waals surface area contributed by atoms with E-state index in [1.807, 2.05) is 30.5 Å². The minimum Gasteiger partial charge on any atom is -0.364 e. The molecule has 1 aliphatic heterocycles. The van der Waals surface area contributed by atoms with E-state index in [1.165, 1.54) is 5.56 Å². The lowest BCUT2D eigenvalue weighted by molar-refractivity contribution is -0.116. The molecule has 2 nitrogen and oxygen atoms in total. The van der Waals surface area contributed by atoms with E-state index in [1.54, 1.807) is 6.08 Å². The van der Waals surface area contributed by atoms with E-state index in [-0.39, 0.29) is 17.9 Å². The highest BCUT2D eigenvalue weighted by Gasteiger charge is 2.24. The molecule has 0 fully saturated rings. The van der Waals surface area contributed by atoms with Gasteiger partial charge in [0.05, 0.1) is 12.1 Å². The molecule has 3 rings (SSSR count). The van der Waals surface area contributed by atoms with Crippen molar-refractivity contribution >= 4 is 11.9 Å². The smallest absolute Gasteiger partial charge is 0.159 e. The number of hydrogen-bond donors (Lipinski definition) is 0. The Morgan fingerprint density at radius 3 is 2.39 bits per heavy atom. The summed E-state index contributed by atoms with van der Waals surface area (Å²) in [5, 5.41) is 0. The Bertz CT molecular complexity index is 703. The highest BCUT2D eigenvalue weighted by molar-refractivity contribution is 5.91. The van der Waals surface area contributed by atoms with E-state index in [2.05, 4.69) is 60.4 Å². The van der Waals surface area contributed by atoms with Crippen LogP contribution in [0.3, 0.4) is 0 Å². The van der Waals surface area contributed by atoms with Crippen molar-refractivity contribution in [3.05, 3.63) is 90.1 Å². The maximum Gasteiger partial charge on any atom is 0.159 e. The molecule has 0 radical (unpaired) electrons. The van der Waals surface area contributed by atoms with Gasteiger partial charge in [-0.3, -0.25) is 4.79 Å². The molecule has 0 amide bonds. The third-order valence-electron chi connectivity index (χ3n) is 4.27. The maximum atomic E-state index is 11.8. The summed E-state index contributed by atoms with van der Waals surface area (Å²) in [6.45, 7) is 2.18. The number of rotatable bonds is 4. The van der Waals surface area contributed by atoms with Crippen LogP contribution in [0.25, 0.3) is 6.08 Å². The zero-order valence-corrected chi connectivity index (χ0v) is 13.3. The molecular formula is C21H21NO. The van der Waals surface area contributed by atoms with Gasteiger partial charge in [-0.25, -0.2) is 0 Å². The Morgan fingerprint density at radius 1 is 1.04 bits per heavy atom. The van der Waals surface area contributed by atoms with Crippen LogP contribution in [0.1, 0.15) is 30.5 Å². The molecule has 0 bridgehead atoms. The standard InChI is InChI=1S/C21H21NO/c1-17(19-10-6-3-7-11-19)22-15-14-21(23)16-20(22)13-12-18-8-4-2-5-9-18/h2-15,17,20H,16H2,1H3/b13-12+/t17-,20+/m1/s1. The predicted octanol–water partition coefficient (Wildman–Crippen LogP) is 4.62. The van der Waals surface area contributed by atoms with Crippen molar-refractivity contribution in [2.24, 2.45) is 0 Å². The van der Waals surface area contributed by atoms with Gasteiger partial charge in [0.1, 0.15) is 0 Å². The van der Waals surface area contributed by atoms with Crippen LogP contribution >= 0.6 is 0 Å². The van der Waals surface area contributed by atoms with Gasteiger partial charge >= 0.3 is 0 Å². The third kappa shape index (κ3) is 3.78. The molecule has 2 aromatic rings. The lowest BCUT2D eigenvalue weighted by Gasteiger charge is -2.36. The first-order valence-electron chi connectivity index (χ1n) is 8.01. The monoisotopic (exact) mass is 303 g/mol. The number of allylic oxidation sites excluding steroid dienone is 1. The molecular weight excluding hydrogens is 282 g/mol. The van der Waals surface area contributed by atoms with E-state index in [4.69, 9.17) is 0 Å². The van der Waals surface area contributed by atoms with Crippen molar-refractivity contribution in [2.45, 2.75) is 25.4 Å². The number of carbonyl (C=O) groups is 1. The van der Waals surface area contributed by atoms with E-state index in [0.717, 1.165) is 5.56 Å². The fourth-order valence-electron chi connectivity index (χ4n) is 2.93. The predicted molar refractivity (Wildman–Crippen MR) is 94.7 cm³/mol. The molecule has 0 aliphatic carbocycles. The average Bonchev–Trinajstić information content (AvgIpc) is 2.61. The average molecular weight is 303 g/mol. The second-order valence-corrected chi connectivity index (χ2v) is 5.86. The van der Waals surface area contributed by atoms with E-state index < -0.39 is 0 Å². The Morgan fingerprint density at radius 2 is 1.70 bits per heavy atom. The van der Waals surface area contributed by atoms with Crippen molar-refractivity contribution in [1.82, 2.24) is 4.90 Å². The zero-order valence-electron chi connectivity index (χ0n) is 13.3. The molecule has 23 heavy (non-hydrogen) atoms. The van der Waals surface area contributed by atoms with Crippen molar-refractivity contribution < 1.29 is 4.79 Å². The quantitative estimate of drug-likeness (QED) is 0.821. The molecule has 0 saturated carbocycles. The molecule has 2 atom stereocenters. The Labute approximate surface area is 137 Å². The van der Waals surface area contributed by atoms with Crippen LogP contribution in [0.15, 0.2) is 79.0 Å². The van der Waals surface area contributed by atoms with Crippen molar-refractivity contribution in [3.8, 4) is 0 Å². The second kappa shape index (κ2) is 7.10. The first-order valence-corrected chi connectivity index (χ1v) is 8.01. The summed E-state index contributed by atoms with van der Waals surface area (Å²) in [4.78, 5) is 14.1. The van der Waals surface area contributed by atoms with Crippen molar-refractivity contribution in [2.75, 3.05) is 0 Å². The SMILES string of the molecule is C[C@H](c1ccccc1)N1C=CC(=O)C[C@@H]1/C=C/c1ccccc1. The van der Waals surface area contributed by atoms with Crippen LogP contribution in [0.5, 0.6) is 0 Å². The van der Waals surface area contributed by atoms with Crippen LogP contribution in [0, 0.1) is 0 Å². The third-order valence-corrected chi connectivity index (χ3v) is 4.27. The normalized spacial score (nSPS) is 19.3. The van der Waals surface area contributed by atoms with Gasteiger partial charge in [0.2, 0.25) is 0 Å². The van der Waals surface area contributed by atoms with Gasteiger partial charge in [-0.05, 0) is 24.1 Å².